The van der Waals surface area contributed by atoms with Crippen molar-refractivity contribution in [2.24, 2.45) is 4.99 Å². The van der Waals surface area contributed by atoms with Crippen LogP contribution in [0.2, 0.25) is 0 Å². The van der Waals surface area contributed by atoms with Gasteiger partial charge in [0.15, 0.2) is 5.96 Å². The minimum Gasteiger partial charge on any atom is -0.497 e. The van der Waals surface area contributed by atoms with Crippen LogP contribution in [0.5, 0.6) is 5.75 Å². The first kappa shape index (κ1) is 24.0. The van der Waals surface area contributed by atoms with Crippen molar-refractivity contribution in [3.05, 3.63) is 51.7 Å². The molecule has 0 bridgehead atoms. The molecule has 0 atom stereocenters. The van der Waals surface area contributed by atoms with Gasteiger partial charge in [0.2, 0.25) is 0 Å². The van der Waals surface area contributed by atoms with Gasteiger partial charge in [-0.1, -0.05) is 12.1 Å². The maximum absolute atomic E-state index is 5.66. The van der Waals surface area contributed by atoms with Gasteiger partial charge < -0.3 is 20.1 Å². The van der Waals surface area contributed by atoms with Gasteiger partial charge in [0.25, 0.3) is 0 Å². The molecule has 0 saturated carbocycles. The Kier molecular flexibility index (Phi) is 9.71. The third kappa shape index (κ3) is 6.33. The highest BCUT2D eigenvalue weighted by Crippen LogP contribution is 2.35. The SMILES string of the molecule is CCNC(=NCc1sccc1C)NCC1(c2ccc(OC)cc2)CCOCC1.I. The number of thiophene rings is 1. The molecular formula is C22H32IN3O2S. The van der Waals surface area contributed by atoms with Crippen LogP contribution in [0.15, 0.2) is 40.7 Å². The molecule has 0 spiro atoms. The van der Waals surface area contributed by atoms with Crippen molar-refractivity contribution in [1.82, 2.24) is 10.6 Å². The lowest BCUT2D eigenvalue weighted by Crippen LogP contribution is -2.48. The number of rotatable bonds is 7. The lowest BCUT2D eigenvalue weighted by Gasteiger charge is -2.38. The molecule has 0 unspecified atom stereocenters. The molecule has 160 valence electrons. The number of methoxy groups -OCH3 is 1. The fourth-order valence-electron chi connectivity index (χ4n) is 3.59. The van der Waals surface area contributed by atoms with E-state index in [0.717, 1.165) is 50.9 Å². The average molecular weight is 529 g/mol. The summed E-state index contributed by atoms with van der Waals surface area (Å²) in [6, 6.07) is 10.6. The van der Waals surface area contributed by atoms with E-state index >= 15 is 0 Å². The quantitative estimate of drug-likeness (QED) is 0.316. The van der Waals surface area contributed by atoms with Crippen LogP contribution in [-0.2, 0) is 16.7 Å². The Morgan fingerprint density at radius 3 is 2.48 bits per heavy atom. The third-order valence-corrected chi connectivity index (χ3v) is 6.45. The smallest absolute Gasteiger partial charge is 0.191 e. The number of nitrogens with zero attached hydrogens (tertiary/aromatic N) is 1. The molecule has 0 radical (unpaired) electrons. The first-order valence-electron chi connectivity index (χ1n) is 9.94. The van der Waals surface area contributed by atoms with Crippen molar-refractivity contribution in [1.29, 1.82) is 0 Å². The lowest BCUT2D eigenvalue weighted by atomic mass is 9.74. The van der Waals surface area contributed by atoms with Crippen molar-refractivity contribution >= 4 is 41.3 Å². The topological polar surface area (TPSA) is 54.9 Å². The Morgan fingerprint density at radius 2 is 1.90 bits per heavy atom. The van der Waals surface area contributed by atoms with Crippen molar-refractivity contribution in [3.63, 3.8) is 0 Å². The van der Waals surface area contributed by atoms with Crippen LogP contribution in [0.3, 0.4) is 0 Å². The molecule has 5 nitrogen and oxygen atoms in total. The van der Waals surface area contributed by atoms with Crippen molar-refractivity contribution in [3.8, 4) is 5.75 Å². The van der Waals surface area contributed by atoms with E-state index in [0.29, 0.717) is 6.54 Å². The Bertz CT molecular complexity index is 771. The van der Waals surface area contributed by atoms with E-state index in [9.17, 15) is 0 Å². The van der Waals surface area contributed by atoms with Crippen LogP contribution < -0.4 is 15.4 Å². The van der Waals surface area contributed by atoms with E-state index in [1.807, 2.05) is 12.1 Å². The molecule has 1 aliphatic heterocycles. The van der Waals surface area contributed by atoms with Gasteiger partial charge in [0.1, 0.15) is 5.75 Å². The van der Waals surface area contributed by atoms with E-state index in [4.69, 9.17) is 14.5 Å². The first-order chi connectivity index (χ1) is 13.7. The minimum atomic E-state index is 0. The van der Waals surface area contributed by atoms with Gasteiger partial charge in [-0.3, -0.25) is 0 Å². The highest BCUT2D eigenvalue weighted by Gasteiger charge is 2.34. The van der Waals surface area contributed by atoms with Crippen molar-refractivity contribution in [2.75, 3.05) is 33.4 Å². The number of aryl methyl sites for hydroxylation is 1. The molecule has 2 N–H and O–H groups in total. The monoisotopic (exact) mass is 529 g/mol. The Morgan fingerprint density at radius 1 is 1.17 bits per heavy atom. The number of hydrogen-bond donors (Lipinski definition) is 2. The van der Waals surface area contributed by atoms with Crippen LogP contribution in [0.25, 0.3) is 0 Å². The summed E-state index contributed by atoms with van der Waals surface area (Å²) in [5.74, 6) is 1.76. The van der Waals surface area contributed by atoms with E-state index in [2.05, 4.69) is 48.1 Å². The molecule has 1 aromatic heterocycles. The van der Waals surface area contributed by atoms with Gasteiger partial charge in [-0.05, 0) is 61.4 Å². The van der Waals surface area contributed by atoms with Gasteiger partial charge in [-0.15, -0.1) is 35.3 Å². The zero-order chi connectivity index (χ0) is 19.8. The van der Waals surface area contributed by atoms with Gasteiger partial charge >= 0.3 is 0 Å². The zero-order valence-electron chi connectivity index (χ0n) is 17.5. The Hall–Kier alpha value is -1.32. The zero-order valence-corrected chi connectivity index (χ0v) is 20.6. The lowest BCUT2D eigenvalue weighted by molar-refractivity contribution is 0.0513. The van der Waals surface area contributed by atoms with Crippen molar-refractivity contribution in [2.45, 2.75) is 38.6 Å². The van der Waals surface area contributed by atoms with E-state index in [-0.39, 0.29) is 29.4 Å². The molecule has 0 aliphatic carbocycles. The normalized spacial score (nSPS) is 16.0. The number of aliphatic imine (C=N–C) groups is 1. The summed E-state index contributed by atoms with van der Waals surface area (Å²) in [7, 11) is 1.70. The average Bonchev–Trinajstić information content (AvgIpc) is 3.15. The summed E-state index contributed by atoms with van der Waals surface area (Å²) in [5, 5.41) is 9.11. The van der Waals surface area contributed by atoms with E-state index < -0.39 is 0 Å². The molecule has 2 aromatic rings. The fourth-order valence-corrected chi connectivity index (χ4v) is 4.42. The van der Waals surface area contributed by atoms with Crippen molar-refractivity contribution < 1.29 is 9.47 Å². The van der Waals surface area contributed by atoms with Gasteiger partial charge in [-0.25, -0.2) is 4.99 Å². The number of benzene rings is 1. The number of guanidine groups is 1. The maximum atomic E-state index is 5.66. The number of ether oxygens (including phenoxy) is 2. The number of hydrogen-bond acceptors (Lipinski definition) is 4. The maximum Gasteiger partial charge on any atom is 0.191 e. The minimum absolute atomic E-state index is 0. The highest BCUT2D eigenvalue weighted by molar-refractivity contribution is 14.0. The van der Waals surface area contributed by atoms with Crippen LogP contribution in [0.4, 0.5) is 0 Å². The molecule has 0 amide bonds. The molecule has 7 heteroatoms. The largest absolute Gasteiger partial charge is 0.497 e. The third-order valence-electron chi connectivity index (χ3n) is 5.44. The number of halogens is 1. The van der Waals surface area contributed by atoms with Crippen LogP contribution in [0.1, 0.15) is 35.8 Å². The summed E-state index contributed by atoms with van der Waals surface area (Å²) in [5.41, 5.74) is 2.68. The molecular weight excluding hydrogens is 497 g/mol. The predicted octanol–water partition coefficient (Wildman–Crippen LogP) is 4.49. The molecule has 29 heavy (non-hydrogen) atoms. The molecule has 1 fully saturated rings. The second kappa shape index (κ2) is 11.8. The van der Waals surface area contributed by atoms with E-state index in [1.54, 1.807) is 18.4 Å². The van der Waals surface area contributed by atoms with E-state index in [1.165, 1.54) is 16.0 Å². The summed E-state index contributed by atoms with van der Waals surface area (Å²) < 4.78 is 11.0. The van der Waals surface area contributed by atoms with Crippen LogP contribution in [0, 0.1) is 6.92 Å². The fraction of sp³-hybridized carbons (Fsp3) is 0.500. The Balaban J connectivity index is 0.00000300. The van der Waals surface area contributed by atoms with Crippen LogP contribution in [-0.4, -0.2) is 39.4 Å². The molecule has 3 rings (SSSR count). The van der Waals surface area contributed by atoms with Gasteiger partial charge in [-0.2, -0.15) is 0 Å². The highest BCUT2D eigenvalue weighted by atomic mass is 127. The molecule has 2 heterocycles. The molecule has 1 aliphatic rings. The summed E-state index contributed by atoms with van der Waals surface area (Å²) in [6.07, 6.45) is 1.99. The summed E-state index contributed by atoms with van der Waals surface area (Å²) >= 11 is 1.76. The summed E-state index contributed by atoms with van der Waals surface area (Å²) in [6.45, 7) is 8.19. The second-order valence-electron chi connectivity index (χ2n) is 7.20. The second-order valence-corrected chi connectivity index (χ2v) is 8.20. The standard InChI is InChI=1S/C22H31N3O2S.HI/c1-4-23-21(24-15-20-17(2)9-14-28-20)25-16-22(10-12-27-13-11-22)18-5-7-19(26-3)8-6-18;/h5-9,14H,4,10-13,15-16H2,1-3H3,(H2,23,24,25);1H. The first-order valence-corrected chi connectivity index (χ1v) is 10.8. The molecule has 1 saturated heterocycles. The Labute approximate surface area is 195 Å². The molecule has 1 aromatic carbocycles. The summed E-state index contributed by atoms with van der Waals surface area (Å²) in [4.78, 5) is 6.12. The van der Waals surface area contributed by atoms with Gasteiger partial charge in [0, 0.05) is 36.6 Å². The van der Waals surface area contributed by atoms with Crippen LogP contribution >= 0.6 is 35.3 Å². The predicted molar refractivity (Wildman–Crippen MR) is 132 cm³/mol. The van der Waals surface area contributed by atoms with Gasteiger partial charge in [0.05, 0.1) is 13.7 Å². The number of nitrogens with one attached hydrogen (secondary N) is 2.